The summed E-state index contributed by atoms with van der Waals surface area (Å²) in [6.07, 6.45) is 10.9. The van der Waals surface area contributed by atoms with Gasteiger partial charge >= 0.3 is 0 Å². The zero-order chi connectivity index (χ0) is 28.7. The molecule has 1 aliphatic heterocycles. The first-order chi connectivity index (χ1) is 19.1. The van der Waals surface area contributed by atoms with E-state index in [0.29, 0.717) is 31.0 Å². The Bertz CT molecular complexity index is 935. The summed E-state index contributed by atoms with van der Waals surface area (Å²) in [6.45, 7) is 13.8. The second kappa shape index (κ2) is 14.4. The number of aliphatic hydroxyl groups is 1. The van der Waals surface area contributed by atoms with Gasteiger partial charge in [-0.25, -0.2) is 9.97 Å². The molecule has 4 rings (SSSR count). The number of anilines is 1. The normalized spacial score (nSPS) is 28.4. The Morgan fingerprint density at radius 1 is 1.05 bits per heavy atom. The number of ether oxygens (including phenoxy) is 1. The van der Waals surface area contributed by atoms with Gasteiger partial charge in [-0.2, -0.15) is 0 Å². The summed E-state index contributed by atoms with van der Waals surface area (Å²) in [6, 6.07) is 2.92. The number of carbonyl (C=O) groups is 1. The smallest absolute Gasteiger partial charge is 0.220 e. The minimum Gasteiger partial charge on any atom is -0.393 e. The van der Waals surface area contributed by atoms with Gasteiger partial charge < -0.3 is 20.1 Å². The third kappa shape index (κ3) is 9.12. The van der Waals surface area contributed by atoms with Crippen LogP contribution in [0.15, 0.2) is 6.07 Å². The molecule has 8 heteroatoms. The number of rotatable bonds is 10. The number of aromatic nitrogens is 2. The van der Waals surface area contributed by atoms with Gasteiger partial charge in [-0.3, -0.25) is 9.69 Å². The zero-order valence-electron chi connectivity index (χ0n) is 25.8. The van der Waals surface area contributed by atoms with Crippen molar-refractivity contribution in [3.8, 4) is 0 Å². The van der Waals surface area contributed by atoms with Crippen LogP contribution in [0.2, 0.25) is 0 Å². The molecule has 3 aliphatic rings. The molecule has 0 bridgehead atoms. The van der Waals surface area contributed by atoms with Crippen LogP contribution in [0.1, 0.15) is 103 Å². The number of hydrogen-bond donors (Lipinski definition) is 2. The second-order valence-corrected chi connectivity index (χ2v) is 13.8. The molecule has 0 aromatic carbocycles. The highest BCUT2D eigenvalue weighted by atomic mass is 16.5. The number of methoxy groups -OCH3 is 1. The van der Waals surface area contributed by atoms with Crippen molar-refractivity contribution in [3.05, 3.63) is 17.6 Å². The summed E-state index contributed by atoms with van der Waals surface area (Å²) < 4.78 is 5.32. The van der Waals surface area contributed by atoms with E-state index in [2.05, 4.69) is 48.9 Å². The van der Waals surface area contributed by atoms with Crippen molar-refractivity contribution in [1.82, 2.24) is 20.2 Å². The van der Waals surface area contributed by atoms with E-state index in [1.807, 2.05) is 0 Å². The van der Waals surface area contributed by atoms with Crippen LogP contribution >= 0.6 is 0 Å². The van der Waals surface area contributed by atoms with Gasteiger partial charge in [0.05, 0.1) is 12.7 Å². The highest BCUT2D eigenvalue weighted by Crippen LogP contribution is 2.30. The van der Waals surface area contributed by atoms with Crippen molar-refractivity contribution < 1.29 is 14.6 Å². The predicted octanol–water partition coefficient (Wildman–Crippen LogP) is 4.48. The molecule has 1 aromatic rings. The van der Waals surface area contributed by atoms with Crippen molar-refractivity contribution in [2.45, 2.75) is 122 Å². The second-order valence-electron chi connectivity index (χ2n) is 13.8. The number of amides is 1. The Balaban J connectivity index is 1.19. The SMILES string of the molecule is COCCc1cc(N2CCN(CCC3CCC(NC(=O)CC4CCC(O)CC4)CC3)C[C@@H]2C)nc(C(C)(C)C)n1. The standard InChI is InChI=1S/C32H55N5O3/c1-23-22-36(17-18-37(23)29-21-27(15-19-40-5)34-31(35-29)32(2,3)4)16-14-24-6-10-26(11-7-24)33-30(39)20-25-8-12-28(38)13-9-25/h21,23-26,28,38H,6-20,22H2,1-5H3,(H,33,39)/t23-,24?,25?,26?,28?/m0/s1. The van der Waals surface area contributed by atoms with Gasteiger partial charge in [-0.1, -0.05) is 20.8 Å². The molecule has 1 amide bonds. The molecular formula is C32H55N5O3. The summed E-state index contributed by atoms with van der Waals surface area (Å²) in [5.41, 5.74) is 0.969. The molecule has 40 heavy (non-hydrogen) atoms. The van der Waals surface area contributed by atoms with Crippen LogP contribution in [0.25, 0.3) is 0 Å². The Kier molecular flexibility index (Phi) is 11.2. The van der Waals surface area contributed by atoms with E-state index in [1.54, 1.807) is 7.11 Å². The van der Waals surface area contributed by atoms with Gasteiger partial charge in [0.1, 0.15) is 11.6 Å². The first-order valence-corrected chi connectivity index (χ1v) is 15.9. The average molecular weight is 558 g/mol. The quantitative estimate of drug-likeness (QED) is 0.438. The molecule has 2 N–H and O–H groups in total. The van der Waals surface area contributed by atoms with Crippen LogP contribution < -0.4 is 10.2 Å². The van der Waals surface area contributed by atoms with E-state index in [1.165, 1.54) is 19.3 Å². The molecule has 1 saturated heterocycles. The number of carbonyl (C=O) groups excluding carboxylic acids is 1. The van der Waals surface area contributed by atoms with Gasteiger partial charge in [0.25, 0.3) is 0 Å². The first kappa shape index (κ1) is 31.2. The predicted molar refractivity (Wildman–Crippen MR) is 161 cm³/mol. The number of nitrogens with zero attached hydrogens (tertiary/aromatic N) is 4. The molecule has 0 spiro atoms. The summed E-state index contributed by atoms with van der Waals surface area (Å²) in [7, 11) is 1.74. The van der Waals surface area contributed by atoms with Gasteiger partial charge in [-0.05, 0) is 83.1 Å². The Morgan fingerprint density at radius 3 is 2.40 bits per heavy atom. The maximum Gasteiger partial charge on any atom is 0.220 e. The summed E-state index contributed by atoms with van der Waals surface area (Å²) >= 11 is 0. The lowest BCUT2D eigenvalue weighted by molar-refractivity contribution is -0.123. The van der Waals surface area contributed by atoms with Crippen LogP contribution in [0, 0.1) is 11.8 Å². The van der Waals surface area contributed by atoms with E-state index in [9.17, 15) is 9.90 Å². The maximum atomic E-state index is 12.6. The number of nitrogens with one attached hydrogen (secondary N) is 1. The Morgan fingerprint density at radius 2 is 1.75 bits per heavy atom. The van der Waals surface area contributed by atoms with Gasteiger partial charge in [0.15, 0.2) is 0 Å². The largest absolute Gasteiger partial charge is 0.393 e. The van der Waals surface area contributed by atoms with E-state index in [4.69, 9.17) is 14.7 Å². The zero-order valence-corrected chi connectivity index (χ0v) is 25.8. The van der Waals surface area contributed by atoms with Crippen molar-refractivity contribution >= 4 is 11.7 Å². The maximum absolute atomic E-state index is 12.6. The molecule has 2 saturated carbocycles. The highest BCUT2D eigenvalue weighted by Gasteiger charge is 2.29. The minimum absolute atomic E-state index is 0.0927. The van der Waals surface area contributed by atoms with Crippen LogP contribution in [-0.4, -0.2) is 84.0 Å². The fraction of sp³-hybridized carbons (Fsp3) is 0.844. The van der Waals surface area contributed by atoms with Crippen LogP contribution in [0.4, 0.5) is 5.82 Å². The fourth-order valence-corrected chi connectivity index (χ4v) is 6.74. The summed E-state index contributed by atoms with van der Waals surface area (Å²) in [5, 5.41) is 13.0. The number of hydrogen-bond acceptors (Lipinski definition) is 7. The first-order valence-electron chi connectivity index (χ1n) is 15.9. The Hall–Kier alpha value is -1.77. The van der Waals surface area contributed by atoms with Gasteiger partial charge in [-0.15, -0.1) is 0 Å². The van der Waals surface area contributed by atoms with Gasteiger partial charge in [0, 0.05) is 68.8 Å². The molecule has 0 unspecified atom stereocenters. The monoisotopic (exact) mass is 557 g/mol. The van der Waals surface area contributed by atoms with E-state index < -0.39 is 0 Å². The minimum atomic E-state index is -0.152. The molecule has 0 radical (unpaired) electrons. The number of aliphatic hydroxyl groups excluding tert-OH is 1. The highest BCUT2D eigenvalue weighted by molar-refractivity contribution is 5.76. The molecule has 2 heterocycles. The van der Waals surface area contributed by atoms with Crippen LogP contribution in [0.3, 0.4) is 0 Å². The third-order valence-corrected chi connectivity index (χ3v) is 9.36. The molecular weight excluding hydrogens is 502 g/mol. The lowest BCUT2D eigenvalue weighted by Crippen LogP contribution is -2.52. The van der Waals surface area contributed by atoms with Crippen molar-refractivity contribution in [2.24, 2.45) is 11.8 Å². The molecule has 226 valence electrons. The van der Waals surface area contributed by atoms with E-state index >= 15 is 0 Å². The molecule has 2 aliphatic carbocycles. The van der Waals surface area contributed by atoms with Crippen molar-refractivity contribution in [2.75, 3.05) is 44.8 Å². The van der Waals surface area contributed by atoms with Crippen molar-refractivity contribution in [3.63, 3.8) is 0 Å². The lowest BCUT2D eigenvalue weighted by atomic mass is 9.83. The topological polar surface area (TPSA) is 90.8 Å². The fourth-order valence-electron chi connectivity index (χ4n) is 6.74. The number of piperazine rings is 1. The summed E-state index contributed by atoms with van der Waals surface area (Å²) in [5.74, 6) is 3.41. The third-order valence-electron chi connectivity index (χ3n) is 9.36. The lowest BCUT2D eigenvalue weighted by Gasteiger charge is -2.41. The summed E-state index contributed by atoms with van der Waals surface area (Å²) in [4.78, 5) is 27.5. The molecule has 1 atom stereocenters. The van der Waals surface area contributed by atoms with Crippen molar-refractivity contribution in [1.29, 1.82) is 0 Å². The van der Waals surface area contributed by atoms with E-state index in [0.717, 1.165) is 94.4 Å². The van der Waals surface area contributed by atoms with Crippen LogP contribution in [-0.2, 0) is 21.4 Å². The van der Waals surface area contributed by atoms with E-state index in [-0.39, 0.29) is 17.4 Å². The Labute approximate surface area is 242 Å². The average Bonchev–Trinajstić information content (AvgIpc) is 2.92. The molecule has 8 nitrogen and oxygen atoms in total. The molecule has 3 fully saturated rings. The van der Waals surface area contributed by atoms with Crippen LogP contribution in [0.5, 0.6) is 0 Å². The molecule has 1 aromatic heterocycles. The van der Waals surface area contributed by atoms with Gasteiger partial charge in [0.2, 0.25) is 5.91 Å².